The van der Waals surface area contributed by atoms with Gasteiger partial charge in [0, 0.05) is 41.0 Å². The van der Waals surface area contributed by atoms with Crippen LogP contribution in [0, 0.1) is 0 Å². The number of sulfonamides is 1. The van der Waals surface area contributed by atoms with Gasteiger partial charge in [-0.25, -0.2) is 12.7 Å². The molecule has 7 nitrogen and oxygen atoms in total. The first-order valence-corrected chi connectivity index (χ1v) is 15.0. The minimum Gasteiger partial charge on any atom is -0.366 e. The van der Waals surface area contributed by atoms with Crippen molar-refractivity contribution < 1.29 is 13.2 Å². The lowest BCUT2D eigenvalue weighted by Gasteiger charge is -2.31. The molecule has 1 amide bonds. The molecule has 190 valence electrons. The number of H-pyrrole nitrogens is 1. The Kier molecular flexibility index (Phi) is 8.31. The number of nitrogens with zero attached hydrogens (tertiary/aromatic N) is 1. The number of fused-ring (bicyclic) bond motifs is 1. The van der Waals surface area contributed by atoms with Gasteiger partial charge in [0.05, 0.1) is 16.8 Å². The van der Waals surface area contributed by atoms with E-state index in [0.29, 0.717) is 18.7 Å². The number of rotatable bonds is 11. The van der Waals surface area contributed by atoms with E-state index < -0.39 is 15.9 Å². The Morgan fingerprint density at radius 3 is 2.66 bits per heavy atom. The van der Waals surface area contributed by atoms with Crippen molar-refractivity contribution in [3.63, 3.8) is 0 Å². The number of carbonyl (C=O) groups excluding carboxylic acids is 1. The van der Waals surface area contributed by atoms with Gasteiger partial charge in [0.1, 0.15) is 0 Å². The topological polar surface area (TPSA) is 108 Å². The number of hydrogen-bond acceptors (Lipinski definition) is 5. The van der Waals surface area contributed by atoms with Crippen molar-refractivity contribution in [2.24, 2.45) is 5.73 Å². The molecular weight excluding hydrogens is 480 g/mol. The summed E-state index contributed by atoms with van der Waals surface area (Å²) in [6.07, 6.45) is 7.13. The zero-order valence-corrected chi connectivity index (χ0v) is 22.2. The molecule has 0 atom stereocenters. The van der Waals surface area contributed by atoms with Gasteiger partial charge in [0.2, 0.25) is 10.0 Å². The minimum atomic E-state index is -3.17. The molecular formula is C26H36N4O3S2. The smallest absolute Gasteiger partial charge is 0.250 e. The van der Waals surface area contributed by atoms with Crippen LogP contribution in [0.1, 0.15) is 72.7 Å². The summed E-state index contributed by atoms with van der Waals surface area (Å²) in [4.78, 5) is 18.0. The number of nitrogens with one attached hydrogen (secondary N) is 2. The van der Waals surface area contributed by atoms with Crippen molar-refractivity contribution in [2.75, 3.05) is 25.4 Å². The van der Waals surface area contributed by atoms with Crippen LogP contribution in [-0.4, -0.2) is 49.0 Å². The number of hydrogen-bond donors (Lipinski definition) is 3. The lowest BCUT2D eigenvalue weighted by molar-refractivity contribution is 0.100. The van der Waals surface area contributed by atoms with Gasteiger partial charge in [-0.05, 0) is 74.0 Å². The third kappa shape index (κ3) is 5.80. The summed E-state index contributed by atoms with van der Waals surface area (Å²) >= 11 is 1.73. The van der Waals surface area contributed by atoms with E-state index in [1.807, 2.05) is 12.3 Å². The van der Waals surface area contributed by atoms with Crippen molar-refractivity contribution in [1.29, 1.82) is 0 Å². The normalized spacial score (nSPS) is 15.7. The minimum absolute atomic E-state index is 0.132. The Balaban J connectivity index is 1.58. The van der Waals surface area contributed by atoms with Crippen molar-refractivity contribution in [1.82, 2.24) is 14.6 Å². The van der Waals surface area contributed by atoms with Gasteiger partial charge in [-0.2, -0.15) is 0 Å². The Morgan fingerprint density at radius 1 is 1.20 bits per heavy atom. The van der Waals surface area contributed by atoms with Crippen LogP contribution >= 0.6 is 11.3 Å². The highest BCUT2D eigenvalue weighted by Crippen LogP contribution is 2.38. The molecule has 0 radical (unpaired) electrons. The summed E-state index contributed by atoms with van der Waals surface area (Å²) in [7, 11) is -3.17. The average Bonchev–Trinajstić information content (AvgIpc) is 3.50. The number of amides is 1. The van der Waals surface area contributed by atoms with E-state index in [-0.39, 0.29) is 11.7 Å². The van der Waals surface area contributed by atoms with Gasteiger partial charge < -0.3 is 16.0 Å². The summed E-state index contributed by atoms with van der Waals surface area (Å²) in [5, 5.41) is 4.51. The van der Waals surface area contributed by atoms with E-state index in [1.54, 1.807) is 22.6 Å². The summed E-state index contributed by atoms with van der Waals surface area (Å²) in [5.74, 6) is -0.0922. The molecule has 4 N–H and O–H groups in total. The third-order valence-electron chi connectivity index (χ3n) is 6.94. The summed E-state index contributed by atoms with van der Waals surface area (Å²) in [5.41, 5.74) is 9.13. The van der Waals surface area contributed by atoms with E-state index in [2.05, 4.69) is 35.4 Å². The van der Waals surface area contributed by atoms with Crippen LogP contribution in [0.15, 0.2) is 30.5 Å². The molecule has 1 aromatic carbocycles. The molecule has 1 fully saturated rings. The molecule has 4 rings (SSSR count). The van der Waals surface area contributed by atoms with Crippen LogP contribution in [0.5, 0.6) is 0 Å². The summed E-state index contributed by atoms with van der Waals surface area (Å²) in [6, 6.07) is 8.28. The maximum absolute atomic E-state index is 12.3. The number of aromatic amines is 1. The van der Waals surface area contributed by atoms with Gasteiger partial charge in [-0.3, -0.25) is 4.79 Å². The molecule has 0 unspecified atom stereocenters. The van der Waals surface area contributed by atoms with Crippen LogP contribution in [0.4, 0.5) is 0 Å². The molecule has 1 aliphatic heterocycles. The van der Waals surface area contributed by atoms with Crippen LogP contribution in [0.25, 0.3) is 21.3 Å². The standard InChI is InChI=1S/C26H36N4O3S2/c1-3-5-6-11-28-16-20-7-8-24(34-20)19-14-21-23(17-29-25(21)22(15-19)26(27)31)18-9-12-30(13-10-18)35(32,33)4-2/h7-8,14-15,17-18,28-29H,3-6,9-13,16H2,1-2H3,(H2,27,31). The number of piperidine rings is 1. The first-order chi connectivity index (χ1) is 16.8. The molecule has 1 saturated heterocycles. The molecule has 3 aromatic rings. The Morgan fingerprint density at radius 2 is 1.97 bits per heavy atom. The monoisotopic (exact) mass is 516 g/mol. The van der Waals surface area contributed by atoms with E-state index in [0.717, 1.165) is 52.8 Å². The number of unbranched alkanes of at least 4 members (excludes halogenated alkanes) is 2. The van der Waals surface area contributed by atoms with Gasteiger partial charge in [-0.1, -0.05) is 19.8 Å². The molecule has 0 saturated carbocycles. The average molecular weight is 517 g/mol. The van der Waals surface area contributed by atoms with Crippen molar-refractivity contribution in [3.8, 4) is 10.4 Å². The fourth-order valence-electron chi connectivity index (χ4n) is 4.89. The number of carbonyl (C=O) groups is 1. The largest absolute Gasteiger partial charge is 0.366 e. The highest BCUT2D eigenvalue weighted by atomic mass is 32.2. The van der Waals surface area contributed by atoms with E-state index >= 15 is 0 Å². The molecule has 0 spiro atoms. The van der Waals surface area contributed by atoms with Crippen molar-refractivity contribution in [2.45, 2.75) is 58.4 Å². The van der Waals surface area contributed by atoms with Crippen molar-refractivity contribution in [3.05, 3.63) is 46.5 Å². The number of benzene rings is 1. The lowest BCUT2D eigenvalue weighted by atomic mass is 9.89. The quantitative estimate of drug-likeness (QED) is 0.318. The van der Waals surface area contributed by atoms with Crippen LogP contribution in [-0.2, 0) is 16.6 Å². The van der Waals surface area contributed by atoms with Gasteiger partial charge >= 0.3 is 0 Å². The number of primary amides is 1. The van der Waals surface area contributed by atoms with Crippen LogP contribution in [0.2, 0.25) is 0 Å². The van der Waals surface area contributed by atoms with Gasteiger partial charge in [0.25, 0.3) is 5.91 Å². The molecule has 9 heteroatoms. The molecule has 35 heavy (non-hydrogen) atoms. The number of aromatic nitrogens is 1. The van der Waals surface area contributed by atoms with E-state index in [1.165, 1.54) is 24.1 Å². The second-order valence-corrected chi connectivity index (χ2v) is 12.7. The highest BCUT2D eigenvalue weighted by molar-refractivity contribution is 7.89. The zero-order valence-electron chi connectivity index (χ0n) is 20.6. The first-order valence-electron chi connectivity index (χ1n) is 12.6. The van der Waals surface area contributed by atoms with E-state index in [9.17, 15) is 13.2 Å². The lowest BCUT2D eigenvalue weighted by Crippen LogP contribution is -2.38. The third-order valence-corrected chi connectivity index (χ3v) is 9.96. The Hall–Kier alpha value is -2.20. The predicted octanol–water partition coefficient (Wildman–Crippen LogP) is 4.80. The number of thiophene rings is 1. The van der Waals surface area contributed by atoms with Gasteiger partial charge in [0.15, 0.2) is 0 Å². The van der Waals surface area contributed by atoms with Crippen LogP contribution in [0.3, 0.4) is 0 Å². The highest BCUT2D eigenvalue weighted by Gasteiger charge is 2.29. The molecule has 1 aliphatic rings. The predicted molar refractivity (Wildman–Crippen MR) is 144 cm³/mol. The fraction of sp³-hybridized carbons (Fsp3) is 0.500. The maximum Gasteiger partial charge on any atom is 0.250 e. The maximum atomic E-state index is 12.3. The molecule has 2 aromatic heterocycles. The molecule has 3 heterocycles. The molecule has 0 bridgehead atoms. The summed E-state index contributed by atoms with van der Waals surface area (Å²) in [6.45, 7) is 6.80. The SMILES string of the molecule is CCCCCNCc1ccc(-c2cc(C(N)=O)c3[nH]cc(C4CCN(S(=O)(=O)CC)CC4)c3c2)s1. The number of nitrogens with two attached hydrogens (primary N) is 1. The summed E-state index contributed by atoms with van der Waals surface area (Å²) < 4.78 is 26.1. The zero-order chi connectivity index (χ0) is 25.0. The second-order valence-electron chi connectivity index (χ2n) is 9.28. The van der Waals surface area contributed by atoms with Crippen molar-refractivity contribution >= 4 is 38.2 Å². The molecule has 0 aliphatic carbocycles. The van der Waals surface area contributed by atoms with Crippen LogP contribution < -0.4 is 11.1 Å². The Bertz CT molecular complexity index is 1270. The second kappa shape index (κ2) is 11.2. The first kappa shape index (κ1) is 25.9. The van der Waals surface area contributed by atoms with Gasteiger partial charge in [-0.15, -0.1) is 11.3 Å². The fourth-order valence-corrected chi connectivity index (χ4v) is 6.99. The Labute approximate surface area is 212 Å². The van der Waals surface area contributed by atoms with E-state index in [4.69, 9.17) is 5.73 Å².